The lowest BCUT2D eigenvalue weighted by atomic mass is 10.2. The van der Waals surface area contributed by atoms with Crippen LogP contribution in [0.2, 0.25) is 0 Å². The van der Waals surface area contributed by atoms with E-state index in [9.17, 15) is 13.2 Å². The van der Waals surface area contributed by atoms with Crippen LogP contribution < -0.4 is 4.72 Å². The molecule has 0 amide bonds. The molecule has 6 heteroatoms. The molecule has 1 N–H and O–H groups in total. The Hall–Kier alpha value is -0.470. The van der Waals surface area contributed by atoms with Crippen LogP contribution in [0.25, 0.3) is 0 Å². The zero-order chi connectivity index (χ0) is 12.2. The number of rotatable bonds is 5. The molecule has 88 valence electrons. The van der Waals surface area contributed by atoms with Crippen LogP contribution in [-0.2, 0) is 10.0 Å². The molecule has 0 radical (unpaired) electrons. The van der Waals surface area contributed by atoms with E-state index in [0.717, 1.165) is 0 Å². The highest BCUT2D eigenvalue weighted by atomic mass is 127. The molecule has 0 aliphatic heterocycles. The number of nitrogens with one attached hydrogen (secondary N) is 1. The lowest BCUT2D eigenvalue weighted by Gasteiger charge is -2.05. The van der Waals surface area contributed by atoms with Gasteiger partial charge in [0.2, 0.25) is 10.0 Å². The summed E-state index contributed by atoms with van der Waals surface area (Å²) in [5.41, 5.74) is 0.400. The minimum absolute atomic E-state index is 0.130. The predicted octanol–water partition coefficient (Wildman–Crippen LogP) is 1.60. The quantitative estimate of drug-likeness (QED) is 0.497. The van der Waals surface area contributed by atoms with Gasteiger partial charge in [0, 0.05) is 16.5 Å². The Kier molecular flexibility index (Phi) is 4.88. The van der Waals surface area contributed by atoms with Crippen LogP contribution in [0.15, 0.2) is 29.2 Å². The van der Waals surface area contributed by atoms with Gasteiger partial charge in [-0.05, 0) is 19.1 Å². The normalized spacial score (nSPS) is 11.4. The van der Waals surface area contributed by atoms with Crippen molar-refractivity contribution in [1.82, 2.24) is 4.72 Å². The lowest BCUT2D eigenvalue weighted by Crippen LogP contribution is -2.25. The molecule has 4 nitrogen and oxygen atoms in total. The smallest absolute Gasteiger partial charge is 0.240 e. The van der Waals surface area contributed by atoms with E-state index >= 15 is 0 Å². The number of halogens is 1. The van der Waals surface area contributed by atoms with E-state index in [0.29, 0.717) is 16.5 Å². The summed E-state index contributed by atoms with van der Waals surface area (Å²) >= 11 is 2.08. The molecule has 0 aromatic heterocycles. The molecule has 16 heavy (non-hydrogen) atoms. The third-order valence-electron chi connectivity index (χ3n) is 1.94. The summed E-state index contributed by atoms with van der Waals surface area (Å²) in [6.07, 6.45) is 0. The first-order valence-corrected chi connectivity index (χ1v) is 7.65. The van der Waals surface area contributed by atoms with Crippen molar-refractivity contribution in [1.29, 1.82) is 0 Å². The Balaban J connectivity index is 3.04. The molecule has 0 heterocycles. The van der Waals surface area contributed by atoms with E-state index in [1.165, 1.54) is 19.1 Å². The number of ketones is 1. The van der Waals surface area contributed by atoms with Crippen LogP contribution >= 0.6 is 22.6 Å². The summed E-state index contributed by atoms with van der Waals surface area (Å²) < 4.78 is 26.6. The maximum absolute atomic E-state index is 11.7. The summed E-state index contributed by atoms with van der Waals surface area (Å²) in [5, 5.41) is 0. The van der Waals surface area contributed by atoms with Gasteiger partial charge in [0.05, 0.1) is 4.90 Å². The summed E-state index contributed by atoms with van der Waals surface area (Å²) in [6.45, 7) is 1.79. The molecule has 0 fully saturated rings. The van der Waals surface area contributed by atoms with Gasteiger partial charge < -0.3 is 0 Å². The molecule has 1 aromatic rings. The Morgan fingerprint density at radius 1 is 1.44 bits per heavy atom. The third-order valence-corrected chi connectivity index (χ3v) is 3.94. The van der Waals surface area contributed by atoms with Gasteiger partial charge in [-0.25, -0.2) is 13.1 Å². The second-order valence-corrected chi connectivity index (χ2v) is 6.02. The first kappa shape index (κ1) is 13.6. The number of carbonyl (C=O) groups excluding carboxylic acids is 1. The first-order chi connectivity index (χ1) is 7.47. The van der Waals surface area contributed by atoms with Gasteiger partial charge in [-0.15, -0.1) is 0 Å². The zero-order valence-electron chi connectivity index (χ0n) is 8.73. The maximum Gasteiger partial charge on any atom is 0.240 e. The average Bonchev–Trinajstić information content (AvgIpc) is 2.26. The summed E-state index contributed by atoms with van der Waals surface area (Å²) in [4.78, 5) is 11.3. The minimum atomic E-state index is -3.49. The van der Waals surface area contributed by atoms with Crippen LogP contribution in [0.3, 0.4) is 0 Å². The largest absolute Gasteiger partial charge is 0.295 e. The van der Waals surface area contributed by atoms with E-state index in [-0.39, 0.29) is 10.7 Å². The van der Waals surface area contributed by atoms with Crippen molar-refractivity contribution in [3.05, 3.63) is 29.8 Å². The Labute approximate surface area is 109 Å². The van der Waals surface area contributed by atoms with Crippen molar-refractivity contribution >= 4 is 38.4 Å². The van der Waals surface area contributed by atoms with Crippen molar-refractivity contribution in [2.45, 2.75) is 11.8 Å². The van der Waals surface area contributed by atoms with Gasteiger partial charge in [-0.2, -0.15) is 0 Å². The van der Waals surface area contributed by atoms with Gasteiger partial charge in [-0.1, -0.05) is 34.7 Å². The predicted molar refractivity (Wildman–Crippen MR) is 70.5 cm³/mol. The second kappa shape index (κ2) is 5.74. The Morgan fingerprint density at radius 2 is 2.12 bits per heavy atom. The SMILES string of the molecule is CC(=O)c1cccc(S(=O)(=O)NCCI)c1. The molecular weight excluding hydrogens is 341 g/mol. The molecule has 0 unspecified atom stereocenters. The van der Waals surface area contributed by atoms with E-state index in [4.69, 9.17) is 0 Å². The molecule has 1 rings (SSSR count). The number of sulfonamides is 1. The lowest BCUT2D eigenvalue weighted by molar-refractivity contribution is 0.101. The number of carbonyl (C=O) groups is 1. The van der Waals surface area contributed by atoms with Crippen molar-refractivity contribution in [3.63, 3.8) is 0 Å². The van der Waals surface area contributed by atoms with E-state index in [1.54, 1.807) is 12.1 Å². The van der Waals surface area contributed by atoms with Gasteiger partial charge >= 0.3 is 0 Å². The number of alkyl halides is 1. The molecular formula is C10H12INO3S. The van der Waals surface area contributed by atoms with Crippen molar-refractivity contribution in [2.24, 2.45) is 0 Å². The standard InChI is InChI=1S/C10H12INO3S/c1-8(13)9-3-2-4-10(7-9)16(14,15)12-6-5-11/h2-4,7,12H,5-6H2,1H3. The fraction of sp³-hybridized carbons (Fsp3) is 0.300. The molecule has 0 atom stereocenters. The molecule has 0 aliphatic carbocycles. The zero-order valence-corrected chi connectivity index (χ0v) is 11.7. The highest BCUT2D eigenvalue weighted by molar-refractivity contribution is 14.1. The number of hydrogen-bond acceptors (Lipinski definition) is 3. The molecule has 0 saturated carbocycles. The first-order valence-electron chi connectivity index (χ1n) is 4.64. The van der Waals surface area contributed by atoms with Crippen molar-refractivity contribution in [3.8, 4) is 0 Å². The van der Waals surface area contributed by atoms with Crippen LogP contribution in [0.1, 0.15) is 17.3 Å². The van der Waals surface area contributed by atoms with E-state index in [2.05, 4.69) is 27.3 Å². The van der Waals surface area contributed by atoms with E-state index < -0.39 is 10.0 Å². The summed E-state index contributed by atoms with van der Waals surface area (Å²) in [5.74, 6) is -0.147. The Bertz CT molecular complexity index is 485. The molecule has 0 spiro atoms. The van der Waals surface area contributed by atoms with Gasteiger partial charge in [-0.3, -0.25) is 4.79 Å². The fourth-order valence-electron chi connectivity index (χ4n) is 1.14. The Morgan fingerprint density at radius 3 is 2.69 bits per heavy atom. The highest BCUT2D eigenvalue weighted by Crippen LogP contribution is 2.11. The number of Topliss-reactive ketones (excluding diaryl/α,β-unsaturated/α-hetero) is 1. The minimum Gasteiger partial charge on any atom is -0.295 e. The molecule has 0 aliphatic rings. The second-order valence-electron chi connectivity index (χ2n) is 3.17. The van der Waals surface area contributed by atoms with E-state index in [1.807, 2.05) is 0 Å². The van der Waals surface area contributed by atoms with Gasteiger partial charge in [0.1, 0.15) is 0 Å². The van der Waals surface area contributed by atoms with Crippen LogP contribution in [0, 0.1) is 0 Å². The fourth-order valence-corrected chi connectivity index (χ4v) is 2.85. The van der Waals surface area contributed by atoms with Gasteiger partial charge in [0.15, 0.2) is 5.78 Å². The number of benzene rings is 1. The summed E-state index contributed by atoms with van der Waals surface area (Å²) in [6, 6.07) is 6.02. The molecule has 0 bridgehead atoms. The molecule has 1 aromatic carbocycles. The van der Waals surface area contributed by atoms with Crippen molar-refractivity contribution < 1.29 is 13.2 Å². The van der Waals surface area contributed by atoms with Crippen LogP contribution in [-0.4, -0.2) is 25.2 Å². The number of hydrogen-bond donors (Lipinski definition) is 1. The molecule has 0 saturated heterocycles. The van der Waals surface area contributed by atoms with Crippen LogP contribution in [0.4, 0.5) is 0 Å². The topological polar surface area (TPSA) is 63.2 Å². The third kappa shape index (κ3) is 3.53. The van der Waals surface area contributed by atoms with Crippen molar-refractivity contribution in [2.75, 3.05) is 11.0 Å². The average molecular weight is 353 g/mol. The maximum atomic E-state index is 11.7. The monoisotopic (exact) mass is 353 g/mol. The van der Waals surface area contributed by atoms with Gasteiger partial charge in [0.25, 0.3) is 0 Å². The highest BCUT2D eigenvalue weighted by Gasteiger charge is 2.14. The summed E-state index contributed by atoms with van der Waals surface area (Å²) in [7, 11) is -3.49. The van der Waals surface area contributed by atoms with Crippen LogP contribution in [0.5, 0.6) is 0 Å².